The topological polar surface area (TPSA) is 155 Å². The summed E-state index contributed by atoms with van der Waals surface area (Å²) in [7, 11) is 1.14. The fourth-order valence-electron chi connectivity index (χ4n) is 3.12. The van der Waals surface area contributed by atoms with Crippen LogP contribution in [0.2, 0.25) is 0 Å². The van der Waals surface area contributed by atoms with Crippen LogP contribution in [0.25, 0.3) is 0 Å². The van der Waals surface area contributed by atoms with Crippen LogP contribution in [0.4, 0.5) is 0 Å². The van der Waals surface area contributed by atoms with Gasteiger partial charge in [0.15, 0.2) is 18.4 Å². The molecule has 3 N–H and O–H groups in total. The van der Waals surface area contributed by atoms with E-state index in [1.807, 2.05) is 0 Å². The van der Waals surface area contributed by atoms with E-state index in [0.717, 1.165) is 7.11 Å². The molecule has 0 spiro atoms. The molecule has 0 aromatic heterocycles. The lowest BCUT2D eigenvalue weighted by atomic mass is 10.00. The SMILES string of the molecule is COC(=O)C[C@H](O)C(=O)OC[C@H]1O[C@@H](N2C=CCC(C(N)=O)=C2)C(OC(C)=O)[C@@H]1C. The number of hydrogen-bond acceptors (Lipinski definition) is 10. The number of amides is 1. The summed E-state index contributed by atoms with van der Waals surface area (Å²) in [5.74, 6) is -3.24. The van der Waals surface area contributed by atoms with Crippen LogP contribution in [0.15, 0.2) is 24.0 Å². The van der Waals surface area contributed by atoms with Gasteiger partial charge in [-0.05, 0) is 6.42 Å². The predicted molar refractivity (Wildman–Crippen MR) is 99.9 cm³/mol. The third kappa shape index (κ3) is 5.80. The van der Waals surface area contributed by atoms with Gasteiger partial charge in [0.05, 0.1) is 13.5 Å². The van der Waals surface area contributed by atoms with E-state index >= 15 is 0 Å². The molecule has 2 rings (SSSR count). The van der Waals surface area contributed by atoms with E-state index in [1.165, 1.54) is 13.1 Å². The van der Waals surface area contributed by atoms with Crippen LogP contribution in [-0.4, -0.2) is 72.1 Å². The first-order valence-electron chi connectivity index (χ1n) is 9.32. The van der Waals surface area contributed by atoms with Crippen molar-refractivity contribution in [2.75, 3.05) is 13.7 Å². The first-order chi connectivity index (χ1) is 14.1. The molecule has 0 saturated carbocycles. The number of hydrogen-bond donors (Lipinski definition) is 2. The van der Waals surface area contributed by atoms with Crippen LogP contribution in [-0.2, 0) is 38.1 Å². The first kappa shape index (κ1) is 23.4. The maximum atomic E-state index is 11.9. The monoisotopic (exact) mass is 426 g/mol. The number of rotatable bonds is 8. The Bertz CT molecular complexity index is 748. The van der Waals surface area contributed by atoms with Gasteiger partial charge in [-0.3, -0.25) is 14.4 Å². The Morgan fingerprint density at radius 2 is 2.07 bits per heavy atom. The number of nitrogens with zero attached hydrogens (tertiary/aromatic N) is 1. The number of allylic oxidation sites excluding steroid dienone is 1. The Morgan fingerprint density at radius 3 is 2.67 bits per heavy atom. The molecular formula is C19H26N2O9. The van der Waals surface area contributed by atoms with Gasteiger partial charge in [0.25, 0.3) is 0 Å². The smallest absolute Gasteiger partial charge is 0.335 e. The van der Waals surface area contributed by atoms with Crippen molar-refractivity contribution in [2.45, 2.75) is 51.2 Å². The lowest BCUT2D eigenvalue weighted by Crippen LogP contribution is -2.40. The minimum Gasteiger partial charge on any atom is -0.469 e. The van der Waals surface area contributed by atoms with E-state index in [2.05, 4.69) is 4.74 Å². The number of aliphatic hydroxyl groups is 1. The molecule has 0 aromatic carbocycles. The van der Waals surface area contributed by atoms with Crippen molar-refractivity contribution in [2.24, 2.45) is 11.7 Å². The standard InChI is InChI=1S/C19H26N2O9/c1-10-14(9-28-19(26)13(23)7-15(24)27-3)30-18(16(10)29-11(2)22)21-6-4-5-12(8-21)17(20)25/h4,6,8,10,13-14,16,18,23H,5,7,9H2,1-3H3,(H2,20,25)/t10-,13+,14-,16?,18-/m1/s1. The Balaban J connectivity index is 2.08. The van der Waals surface area contributed by atoms with Crippen LogP contribution in [0.1, 0.15) is 26.7 Å². The largest absolute Gasteiger partial charge is 0.469 e. The van der Waals surface area contributed by atoms with Gasteiger partial charge in [0.1, 0.15) is 12.7 Å². The second-order valence-electron chi connectivity index (χ2n) is 6.98. The molecule has 2 aliphatic heterocycles. The average molecular weight is 426 g/mol. The predicted octanol–water partition coefficient (Wildman–Crippen LogP) is -0.665. The zero-order chi connectivity index (χ0) is 22.4. The molecule has 2 aliphatic rings. The molecule has 30 heavy (non-hydrogen) atoms. The molecule has 1 unspecified atom stereocenters. The molecule has 166 valence electrons. The van der Waals surface area contributed by atoms with Crippen LogP contribution >= 0.6 is 0 Å². The van der Waals surface area contributed by atoms with E-state index in [0.29, 0.717) is 12.0 Å². The van der Waals surface area contributed by atoms with Crippen LogP contribution in [0.3, 0.4) is 0 Å². The first-order valence-corrected chi connectivity index (χ1v) is 9.32. The fourth-order valence-corrected chi connectivity index (χ4v) is 3.12. The number of esters is 3. The van der Waals surface area contributed by atoms with Gasteiger partial charge in [-0.1, -0.05) is 13.0 Å². The minimum absolute atomic E-state index is 0.240. The zero-order valence-corrected chi connectivity index (χ0v) is 17.0. The Hall–Kier alpha value is -2.92. The number of aliphatic hydroxyl groups excluding tert-OH is 1. The Labute approximate surface area is 173 Å². The van der Waals surface area contributed by atoms with Gasteiger partial charge in [-0.2, -0.15) is 0 Å². The molecule has 11 heteroatoms. The van der Waals surface area contributed by atoms with Gasteiger partial charge >= 0.3 is 17.9 Å². The molecule has 2 heterocycles. The fraction of sp³-hybridized carbons (Fsp3) is 0.579. The Kier molecular flexibility index (Phi) is 7.95. The van der Waals surface area contributed by atoms with Crippen molar-refractivity contribution in [3.63, 3.8) is 0 Å². The molecule has 1 fully saturated rings. The second-order valence-corrected chi connectivity index (χ2v) is 6.98. The highest BCUT2D eigenvalue weighted by Crippen LogP contribution is 2.33. The maximum absolute atomic E-state index is 11.9. The molecule has 1 amide bonds. The third-order valence-electron chi connectivity index (χ3n) is 4.78. The summed E-state index contributed by atoms with van der Waals surface area (Å²) < 4.78 is 20.8. The number of ether oxygens (including phenoxy) is 4. The molecule has 0 radical (unpaired) electrons. The van der Waals surface area contributed by atoms with Crippen molar-refractivity contribution >= 4 is 23.8 Å². The number of carbonyl (C=O) groups is 4. The molecule has 11 nitrogen and oxygen atoms in total. The summed E-state index contributed by atoms with van der Waals surface area (Å²) in [5, 5.41) is 9.71. The second kappa shape index (κ2) is 10.2. The van der Waals surface area contributed by atoms with Crippen LogP contribution in [0, 0.1) is 5.92 Å². The Morgan fingerprint density at radius 1 is 1.37 bits per heavy atom. The maximum Gasteiger partial charge on any atom is 0.335 e. The summed E-state index contributed by atoms with van der Waals surface area (Å²) in [6.45, 7) is 2.77. The van der Waals surface area contributed by atoms with Gasteiger partial charge < -0.3 is 34.7 Å². The van der Waals surface area contributed by atoms with E-state index in [-0.39, 0.29) is 12.5 Å². The molecule has 0 aliphatic carbocycles. The zero-order valence-electron chi connectivity index (χ0n) is 17.0. The molecule has 0 aromatic rings. The van der Waals surface area contributed by atoms with Crippen molar-refractivity contribution in [3.8, 4) is 0 Å². The highest BCUT2D eigenvalue weighted by molar-refractivity contribution is 5.92. The number of methoxy groups -OCH3 is 1. The molecular weight excluding hydrogens is 400 g/mol. The summed E-state index contributed by atoms with van der Waals surface area (Å²) in [6.07, 6.45) is 0.905. The summed E-state index contributed by atoms with van der Waals surface area (Å²) >= 11 is 0. The lowest BCUT2D eigenvalue weighted by molar-refractivity contribution is -0.163. The van der Waals surface area contributed by atoms with E-state index in [9.17, 15) is 24.3 Å². The van der Waals surface area contributed by atoms with E-state index in [4.69, 9.17) is 19.9 Å². The average Bonchev–Trinajstić information content (AvgIpc) is 3.01. The number of primary amides is 1. The summed E-state index contributed by atoms with van der Waals surface area (Å²) in [4.78, 5) is 47.7. The number of carbonyl (C=O) groups excluding carboxylic acids is 4. The van der Waals surface area contributed by atoms with Crippen LogP contribution in [0.5, 0.6) is 0 Å². The highest BCUT2D eigenvalue weighted by atomic mass is 16.6. The van der Waals surface area contributed by atoms with Gasteiger partial charge in [0, 0.05) is 30.8 Å². The van der Waals surface area contributed by atoms with E-state index < -0.39 is 54.8 Å². The van der Waals surface area contributed by atoms with Crippen molar-refractivity contribution in [1.29, 1.82) is 0 Å². The van der Waals surface area contributed by atoms with Crippen molar-refractivity contribution in [3.05, 3.63) is 24.0 Å². The quantitative estimate of drug-likeness (QED) is 0.377. The van der Waals surface area contributed by atoms with Crippen LogP contribution < -0.4 is 5.73 Å². The molecule has 0 bridgehead atoms. The van der Waals surface area contributed by atoms with Crippen molar-refractivity contribution in [1.82, 2.24) is 4.90 Å². The van der Waals surface area contributed by atoms with E-state index in [1.54, 1.807) is 24.1 Å². The molecule has 5 atom stereocenters. The molecule has 1 saturated heterocycles. The van der Waals surface area contributed by atoms with Gasteiger partial charge in [0.2, 0.25) is 5.91 Å². The number of nitrogens with two attached hydrogens (primary N) is 1. The minimum atomic E-state index is -1.67. The third-order valence-corrected chi connectivity index (χ3v) is 4.78. The van der Waals surface area contributed by atoms with Crippen molar-refractivity contribution < 1.29 is 43.2 Å². The lowest BCUT2D eigenvalue weighted by Gasteiger charge is -2.30. The summed E-state index contributed by atoms with van der Waals surface area (Å²) in [6, 6.07) is 0. The summed E-state index contributed by atoms with van der Waals surface area (Å²) in [5.41, 5.74) is 5.70. The normalized spacial score (nSPS) is 26.5. The highest BCUT2D eigenvalue weighted by Gasteiger charge is 2.47. The van der Waals surface area contributed by atoms with Gasteiger partial charge in [-0.25, -0.2) is 4.79 Å². The van der Waals surface area contributed by atoms with Gasteiger partial charge in [-0.15, -0.1) is 0 Å².